The summed E-state index contributed by atoms with van der Waals surface area (Å²) >= 11 is 5.69. The zero-order chi connectivity index (χ0) is 12.0. The van der Waals surface area contributed by atoms with E-state index in [9.17, 15) is 4.39 Å². The van der Waals surface area contributed by atoms with Crippen molar-refractivity contribution in [3.63, 3.8) is 0 Å². The Bertz CT molecular complexity index is 333. The Morgan fingerprint density at radius 1 is 1.50 bits per heavy atom. The quantitative estimate of drug-likeness (QED) is 0.832. The van der Waals surface area contributed by atoms with Crippen molar-refractivity contribution in [2.75, 3.05) is 13.7 Å². The summed E-state index contributed by atoms with van der Waals surface area (Å²) in [5.74, 6) is -0.377. The molecule has 0 radical (unpaired) electrons. The van der Waals surface area contributed by atoms with Crippen LogP contribution in [-0.4, -0.2) is 19.8 Å². The van der Waals surface area contributed by atoms with Crippen LogP contribution in [0, 0.1) is 5.82 Å². The molecule has 4 heteroatoms. The van der Waals surface area contributed by atoms with Crippen molar-refractivity contribution in [1.29, 1.82) is 0 Å². The van der Waals surface area contributed by atoms with Gasteiger partial charge in [0.2, 0.25) is 0 Å². The lowest BCUT2D eigenvalue weighted by atomic mass is 10.2. The monoisotopic (exact) mass is 245 g/mol. The first-order chi connectivity index (χ1) is 7.63. The van der Waals surface area contributed by atoms with Crippen LogP contribution in [0.5, 0.6) is 0 Å². The second kappa shape index (κ2) is 6.84. The standard InChI is InChI=1S/C12H17ClFNO/c1-9(5-6-16-2)15-8-10-3-4-12(14)11(13)7-10/h3-4,7,9,15H,5-6,8H2,1-2H3. The molecule has 1 unspecified atom stereocenters. The maximum Gasteiger partial charge on any atom is 0.141 e. The summed E-state index contributed by atoms with van der Waals surface area (Å²) in [7, 11) is 1.69. The van der Waals surface area contributed by atoms with Crippen molar-refractivity contribution in [2.45, 2.75) is 25.9 Å². The van der Waals surface area contributed by atoms with Crippen molar-refractivity contribution in [3.05, 3.63) is 34.6 Å². The number of nitrogens with one attached hydrogen (secondary N) is 1. The molecule has 0 aliphatic heterocycles. The third-order valence-electron chi connectivity index (χ3n) is 2.39. The lowest BCUT2D eigenvalue weighted by Crippen LogP contribution is -2.26. The van der Waals surface area contributed by atoms with Gasteiger partial charge in [0.15, 0.2) is 0 Å². The molecule has 2 nitrogen and oxygen atoms in total. The van der Waals surface area contributed by atoms with Gasteiger partial charge in [0, 0.05) is 26.3 Å². The van der Waals surface area contributed by atoms with Crippen molar-refractivity contribution >= 4 is 11.6 Å². The highest BCUT2D eigenvalue weighted by atomic mass is 35.5. The maximum atomic E-state index is 12.9. The number of methoxy groups -OCH3 is 1. The Morgan fingerprint density at radius 3 is 2.88 bits per heavy atom. The van der Waals surface area contributed by atoms with Gasteiger partial charge < -0.3 is 10.1 Å². The van der Waals surface area contributed by atoms with Crippen LogP contribution in [0.2, 0.25) is 5.02 Å². The van der Waals surface area contributed by atoms with Crippen molar-refractivity contribution in [3.8, 4) is 0 Å². The number of hydrogen-bond donors (Lipinski definition) is 1. The van der Waals surface area contributed by atoms with Gasteiger partial charge in [-0.25, -0.2) is 4.39 Å². The minimum atomic E-state index is -0.377. The summed E-state index contributed by atoms with van der Waals surface area (Å²) in [5, 5.41) is 3.49. The number of ether oxygens (including phenoxy) is 1. The van der Waals surface area contributed by atoms with Crippen LogP contribution in [0.3, 0.4) is 0 Å². The smallest absolute Gasteiger partial charge is 0.141 e. The Hall–Kier alpha value is -0.640. The van der Waals surface area contributed by atoms with E-state index in [2.05, 4.69) is 12.2 Å². The molecule has 0 aliphatic carbocycles. The summed E-state index contributed by atoms with van der Waals surface area (Å²) in [4.78, 5) is 0. The molecule has 0 spiro atoms. The Labute approximate surface area is 101 Å². The van der Waals surface area contributed by atoms with E-state index in [0.717, 1.165) is 18.6 Å². The van der Waals surface area contributed by atoms with Crippen LogP contribution in [0.1, 0.15) is 18.9 Å². The van der Waals surface area contributed by atoms with Gasteiger partial charge in [-0.05, 0) is 31.0 Å². The molecule has 0 bridgehead atoms. The van der Waals surface area contributed by atoms with Crippen molar-refractivity contribution in [2.24, 2.45) is 0 Å². The molecular formula is C12H17ClFNO. The molecule has 1 aromatic rings. The largest absolute Gasteiger partial charge is 0.385 e. The molecule has 0 aromatic heterocycles. The van der Waals surface area contributed by atoms with E-state index in [1.54, 1.807) is 19.2 Å². The summed E-state index contributed by atoms with van der Waals surface area (Å²) < 4.78 is 17.9. The number of rotatable bonds is 6. The first-order valence-electron chi connectivity index (χ1n) is 5.29. The molecule has 0 heterocycles. The predicted molar refractivity (Wildman–Crippen MR) is 64.2 cm³/mol. The molecule has 16 heavy (non-hydrogen) atoms. The van der Waals surface area contributed by atoms with Crippen LogP contribution in [0.4, 0.5) is 4.39 Å². The fourth-order valence-corrected chi connectivity index (χ4v) is 1.54. The van der Waals surface area contributed by atoms with Crippen molar-refractivity contribution in [1.82, 2.24) is 5.32 Å². The van der Waals surface area contributed by atoms with Crippen molar-refractivity contribution < 1.29 is 9.13 Å². The SMILES string of the molecule is COCCC(C)NCc1ccc(F)c(Cl)c1. The maximum absolute atomic E-state index is 12.9. The number of halogens is 2. The van der Waals surface area contributed by atoms with E-state index in [4.69, 9.17) is 16.3 Å². The minimum absolute atomic E-state index is 0.170. The molecule has 1 N–H and O–H groups in total. The summed E-state index contributed by atoms with van der Waals surface area (Å²) in [6.07, 6.45) is 0.950. The summed E-state index contributed by atoms with van der Waals surface area (Å²) in [5.41, 5.74) is 0.982. The van der Waals surface area contributed by atoms with Crippen LogP contribution in [0.15, 0.2) is 18.2 Å². The van der Waals surface area contributed by atoms with Crippen LogP contribution in [0.25, 0.3) is 0 Å². The third kappa shape index (κ3) is 4.47. The minimum Gasteiger partial charge on any atom is -0.385 e. The van der Waals surface area contributed by atoms with Gasteiger partial charge in [-0.15, -0.1) is 0 Å². The van der Waals surface area contributed by atoms with Crippen LogP contribution >= 0.6 is 11.6 Å². The molecular weight excluding hydrogens is 229 g/mol. The average molecular weight is 246 g/mol. The zero-order valence-electron chi connectivity index (χ0n) is 9.59. The summed E-state index contributed by atoms with van der Waals surface area (Å²) in [6, 6.07) is 5.13. The molecule has 0 amide bonds. The highest BCUT2D eigenvalue weighted by molar-refractivity contribution is 6.30. The van der Waals surface area contributed by atoms with Gasteiger partial charge in [0.25, 0.3) is 0 Å². The van der Waals surface area contributed by atoms with Gasteiger partial charge >= 0.3 is 0 Å². The molecule has 1 rings (SSSR count). The fourth-order valence-electron chi connectivity index (χ4n) is 1.34. The van der Waals surface area contributed by atoms with E-state index in [0.29, 0.717) is 12.6 Å². The van der Waals surface area contributed by atoms with E-state index < -0.39 is 0 Å². The molecule has 90 valence electrons. The van der Waals surface area contributed by atoms with E-state index in [1.807, 2.05) is 0 Å². The number of benzene rings is 1. The average Bonchev–Trinajstić information content (AvgIpc) is 2.28. The lowest BCUT2D eigenvalue weighted by molar-refractivity contribution is 0.184. The molecule has 0 fully saturated rings. The highest BCUT2D eigenvalue weighted by Crippen LogP contribution is 2.15. The second-order valence-corrected chi connectivity index (χ2v) is 4.22. The van der Waals surface area contributed by atoms with Gasteiger partial charge in [-0.1, -0.05) is 17.7 Å². The van der Waals surface area contributed by atoms with Gasteiger partial charge in [-0.2, -0.15) is 0 Å². The first-order valence-corrected chi connectivity index (χ1v) is 5.67. The second-order valence-electron chi connectivity index (χ2n) is 3.81. The van der Waals surface area contributed by atoms with Gasteiger partial charge in [0.1, 0.15) is 5.82 Å². The van der Waals surface area contributed by atoms with E-state index in [-0.39, 0.29) is 10.8 Å². The fraction of sp³-hybridized carbons (Fsp3) is 0.500. The van der Waals surface area contributed by atoms with Gasteiger partial charge in [-0.3, -0.25) is 0 Å². The Morgan fingerprint density at radius 2 is 2.25 bits per heavy atom. The topological polar surface area (TPSA) is 21.3 Å². The first kappa shape index (κ1) is 13.4. The summed E-state index contributed by atoms with van der Waals surface area (Å²) in [6.45, 7) is 3.51. The van der Waals surface area contributed by atoms with E-state index in [1.165, 1.54) is 6.07 Å². The lowest BCUT2D eigenvalue weighted by Gasteiger charge is -2.13. The Balaban J connectivity index is 2.39. The van der Waals surface area contributed by atoms with Crippen LogP contribution < -0.4 is 5.32 Å². The zero-order valence-corrected chi connectivity index (χ0v) is 10.4. The van der Waals surface area contributed by atoms with Crippen LogP contribution in [-0.2, 0) is 11.3 Å². The Kier molecular flexibility index (Phi) is 5.74. The van der Waals surface area contributed by atoms with Gasteiger partial charge in [0.05, 0.1) is 5.02 Å². The molecule has 0 saturated heterocycles. The highest BCUT2D eigenvalue weighted by Gasteiger charge is 2.03. The predicted octanol–water partition coefficient (Wildman–Crippen LogP) is 2.99. The van der Waals surface area contributed by atoms with E-state index >= 15 is 0 Å². The molecule has 0 saturated carbocycles. The molecule has 1 aromatic carbocycles. The molecule has 0 aliphatic rings. The number of hydrogen-bond acceptors (Lipinski definition) is 2. The third-order valence-corrected chi connectivity index (χ3v) is 2.68. The normalized spacial score (nSPS) is 12.8. The molecule has 1 atom stereocenters.